The summed E-state index contributed by atoms with van der Waals surface area (Å²) in [7, 11) is 0. The molecule has 142 valence electrons. The Morgan fingerprint density at radius 3 is 1.88 bits per heavy atom. The van der Waals surface area contributed by atoms with Gasteiger partial charge >= 0.3 is 6.04 Å². The number of hydrogen-bond donors (Lipinski definition) is 0. The number of ether oxygens (including phenoxy) is 1. The Bertz CT molecular complexity index is 459. The number of carbonyl (C=O) groups excluding carboxylic acids is 1. The number of carbonyl (C=O) groups is 1. The number of halogens is 1. The van der Waals surface area contributed by atoms with Gasteiger partial charge in [0.25, 0.3) is 0 Å². The molecule has 0 aliphatic rings. The zero-order valence-corrected chi connectivity index (χ0v) is 15.9. The van der Waals surface area contributed by atoms with Crippen LogP contribution >= 0.6 is 0 Å². The van der Waals surface area contributed by atoms with Gasteiger partial charge in [0.05, 0.1) is 12.2 Å². The van der Waals surface area contributed by atoms with Crippen LogP contribution in [0.15, 0.2) is 24.3 Å². The van der Waals surface area contributed by atoms with Gasteiger partial charge in [0.1, 0.15) is 5.75 Å². The topological polar surface area (TPSA) is 26.3 Å². The first kappa shape index (κ1) is 21.7. The van der Waals surface area contributed by atoms with Gasteiger partial charge in [-0.3, -0.25) is 4.79 Å². The van der Waals surface area contributed by atoms with Crippen molar-refractivity contribution in [1.82, 2.24) is 0 Å². The highest BCUT2D eigenvalue weighted by molar-refractivity contribution is 5.88. The average molecular weight is 351 g/mol. The van der Waals surface area contributed by atoms with E-state index in [1.165, 1.54) is 89.2 Å². The van der Waals surface area contributed by atoms with Crippen LogP contribution in [0.2, 0.25) is 0 Å². The summed E-state index contributed by atoms with van der Waals surface area (Å²) in [6.45, 7) is 2.89. The summed E-state index contributed by atoms with van der Waals surface area (Å²) in [5, 5.41) is 0. The molecular formula is C22H35FO2. The van der Waals surface area contributed by atoms with Gasteiger partial charge in [-0.1, -0.05) is 90.0 Å². The maximum absolute atomic E-state index is 12.6. The van der Waals surface area contributed by atoms with E-state index in [1.54, 1.807) is 12.1 Å². The molecule has 2 nitrogen and oxygen atoms in total. The molecule has 0 aromatic heterocycles. The third-order valence-corrected chi connectivity index (χ3v) is 4.58. The Hall–Kier alpha value is -1.38. The summed E-state index contributed by atoms with van der Waals surface area (Å²) in [5.74, 6) is 0.572. The molecule has 0 atom stereocenters. The molecule has 1 rings (SSSR count). The fourth-order valence-electron chi connectivity index (χ4n) is 3.02. The van der Waals surface area contributed by atoms with Gasteiger partial charge in [-0.25, -0.2) is 0 Å². The van der Waals surface area contributed by atoms with E-state index in [4.69, 9.17) is 4.74 Å². The fraction of sp³-hybridized carbons (Fsp3) is 0.682. The first-order valence-corrected chi connectivity index (χ1v) is 10.2. The van der Waals surface area contributed by atoms with E-state index in [1.807, 2.05) is 0 Å². The minimum Gasteiger partial charge on any atom is -0.494 e. The molecule has 0 spiro atoms. The number of unbranched alkanes of at least 4 members (excludes halogenated alkanes) is 12. The second-order valence-electron chi connectivity index (χ2n) is 6.89. The summed E-state index contributed by atoms with van der Waals surface area (Å²) in [6, 6.07) is 4.91. The lowest BCUT2D eigenvalue weighted by Crippen LogP contribution is -1.98. The Balaban J connectivity index is 1.87. The fourth-order valence-corrected chi connectivity index (χ4v) is 3.02. The lowest BCUT2D eigenvalue weighted by Gasteiger charge is -2.07. The summed E-state index contributed by atoms with van der Waals surface area (Å²) < 4.78 is 18.2. The van der Waals surface area contributed by atoms with Gasteiger partial charge in [-0.05, 0) is 24.6 Å². The van der Waals surface area contributed by atoms with Crippen LogP contribution in [0.4, 0.5) is 4.39 Å². The van der Waals surface area contributed by atoms with Crippen LogP contribution in [0.5, 0.6) is 5.75 Å². The van der Waals surface area contributed by atoms with Crippen molar-refractivity contribution >= 4 is 6.04 Å². The van der Waals surface area contributed by atoms with E-state index in [0.717, 1.165) is 6.42 Å². The second-order valence-corrected chi connectivity index (χ2v) is 6.89. The first-order valence-electron chi connectivity index (χ1n) is 10.2. The van der Waals surface area contributed by atoms with Crippen LogP contribution in [0.25, 0.3) is 0 Å². The van der Waals surface area contributed by atoms with E-state index >= 15 is 0 Å². The van der Waals surface area contributed by atoms with Crippen LogP contribution in [-0.2, 0) is 0 Å². The highest BCUT2D eigenvalue weighted by Crippen LogP contribution is 2.16. The third-order valence-electron chi connectivity index (χ3n) is 4.58. The van der Waals surface area contributed by atoms with Gasteiger partial charge in [-0.15, -0.1) is 0 Å². The molecule has 1 aromatic carbocycles. The lowest BCUT2D eigenvalue weighted by molar-refractivity contribution is 0.0835. The molecule has 0 bridgehead atoms. The molecule has 0 aliphatic carbocycles. The number of benzene rings is 1. The van der Waals surface area contributed by atoms with Crippen LogP contribution in [0.3, 0.4) is 0 Å². The lowest BCUT2D eigenvalue weighted by atomic mass is 10.0. The second kappa shape index (κ2) is 14.9. The molecule has 0 N–H and O–H groups in total. The van der Waals surface area contributed by atoms with Gasteiger partial charge in [0, 0.05) is 0 Å². The van der Waals surface area contributed by atoms with Crippen LogP contribution < -0.4 is 4.74 Å². The summed E-state index contributed by atoms with van der Waals surface area (Å²) in [5.41, 5.74) is 0.0582. The third kappa shape index (κ3) is 11.7. The molecule has 0 radical (unpaired) electrons. The van der Waals surface area contributed by atoms with Crippen molar-refractivity contribution in [2.45, 2.75) is 90.4 Å². The maximum atomic E-state index is 12.6. The van der Waals surface area contributed by atoms with E-state index in [0.29, 0.717) is 12.4 Å². The van der Waals surface area contributed by atoms with Crippen molar-refractivity contribution in [2.75, 3.05) is 6.61 Å². The predicted molar refractivity (Wildman–Crippen MR) is 103 cm³/mol. The van der Waals surface area contributed by atoms with Gasteiger partial charge < -0.3 is 4.74 Å². The minimum atomic E-state index is -1.41. The smallest absolute Gasteiger partial charge is 0.332 e. The molecule has 3 heteroatoms. The molecule has 1 aromatic rings. The van der Waals surface area contributed by atoms with E-state index in [2.05, 4.69) is 6.92 Å². The van der Waals surface area contributed by atoms with Gasteiger partial charge in [0.2, 0.25) is 0 Å². The number of hydrogen-bond acceptors (Lipinski definition) is 2. The van der Waals surface area contributed by atoms with Crippen molar-refractivity contribution in [1.29, 1.82) is 0 Å². The quantitative estimate of drug-likeness (QED) is 0.231. The minimum absolute atomic E-state index is 0.0582. The van der Waals surface area contributed by atoms with Gasteiger partial charge in [-0.2, -0.15) is 4.39 Å². The van der Waals surface area contributed by atoms with Crippen LogP contribution in [0, 0.1) is 0 Å². The molecular weight excluding hydrogens is 315 g/mol. The molecule has 25 heavy (non-hydrogen) atoms. The average Bonchev–Trinajstić information content (AvgIpc) is 2.62. The van der Waals surface area contributed by atoms with E-state index in [9.17, 15) is 9.18 Å². The van der Waals surface area contributed by atoms with Gasteiger partial charge in [0.15, 0.2) is 0 Å². The van der Waals surface area contributed by atoms with Crippen molar-refractivity contribution < 1.29 is 13.9 Å². The van der Waals surface area contributed by atoms with E-state index < -0.39 is 6.04 Å². The molecule has 0 heterocycles. The van der Waals surface area contributed by atoms with E-state index in [-0.39, 0.29) is 5.56 Å². The van der Waals surface area contributed by atoms with Crippen LogP contribution in [-0.4, -0.2) is 12.6 Å². The molecule has 0 saturated carbocycles. The highest BCUT2D eigenvalue weighted by atomic mass is 19.1. The monoisotopic (exact) mass is 350 g/mol. The Morgan fingerprint density at radius 2 is 1.36 bits per heavy atom. The zero-order valence-electron chi connectivity index (χ0n) is 15.9. The van der Waals surface area contributed by atoms with Crippen molar-refractivity contribution in [3.8, 4) is 5.75 Å². The SMILES string of the molecule is CCCCCCCCCCCCCCCOc1cccc(C(=O)F)c1. The molecule has 0 aliphatic heterocycles. The largest absolute Gasteiger partial charge is 0.494 e. The summed E-state index contributed by atoms with van der Waals surface area (Å²) in [6.07, 6.45) is 17.2. The molecule has 0 unspecified atom stereocenters. The predicted octanol–water partition coefficient (Wildman–Crippen LogP) is 7.27. The Kier molecular flexibility index (Phi) is 12.9. The molecule has 0 amide bonds. The summed E-state index contributed by atoms with van der Waals surface area (Å²) >= 11 is 0. The maximum Gasteiger partial charge on any atom is 0.332 e. The Labute approximate surface area is 153 Å². The van der Waals surface area contributed by atoms with Crippen molar-refractivity contribution in [2.24, 2.45) is 0 Å². The zero-order chi connectivity index (χ0) is 18.2. The highest BCUT2D eigenvalue weighted by Gasteiger charge is 2.04. The normalized spacial score (nSPS) is 10.8. The van der Waals surface area contributed by atoms with Crippen molar-refractivity contribution in [3.05, 3.63) is 29.8 Å². The standard InChI is InChI=1S/C22H35FO2/c1-2-3-4-5-6-7-8-9-10-11-12-13-14-18-25-21-17-15-16-20(19-21)22(23)24/h15-17,19H,2-14,18H2,1H3. The van der Waals surface area contributed by atoms with Crippen LogP contribution in [0.1, 0.15) is 101 Å². The van der Waals surface area contributed by atoms with Crippen molar-refractivity contribution in [3.63, 3.8) is 0 Å². The summed E-state index contributed by atoms with van der Waals surface area (Å²) in [4.78, 5) is 10.7. The Morgan fingerprint density at radius 1 is 0.840 bits per heavy atom. The molecule has 0 saturated heterocycles. The molecule has 0 fully saturated rings. The number of rotatable bonds is 16. The first-order chi connectivity index (χ1) is 12.2.